The predicted octanol–water partition coefficient (Wildman–Crippen LogP) is 6.81. The Hall–Kier alpha value is 0.250. The van der Waals surface area contributed by atoms with E-state index in [-0.39, 0.29) is 0 Å². The molecule has 0 bridgehead atoms. The van der Waals surface area contributed by atoms with E-state index < -0.39 is 5.56 Å². The fourth-order valence-electron chi connectivity index (χ4n) is 2.68. The summed E-state index contributed by atoms with van der Waals surface area (Å²) in [6, 6.07) is 0. The van der Waals surface area contributed by atoms with Crippen LogP contribution in [0.5, 0.6) is 0 Å². The van der Waals surface area contributed by atoms with Gasteiger partial charge in [0.2, 0.25) is 0 Å². The van der Waals surface area contributed by atoms with E-state index in [0.717, 1.165) is 12.8 Å². The summed E-state index contributed by atoms with van der Waals surface area (Å²) in [6.07, 6.45) is 21.4. The molecule has 0 aromatic heterocycles. The number of aliphatic hydroxyl groups excluding tert-OH is 1. The molecule has 0 spiro atoms. The lowest BCUT2D eigenvalue weighted by Gasteiger charge is -2.04. The van der Waals surface area contributed by atoms with E-state index in [0.29, 0.717) is 0 Å². The van der Waals surface area contributed by atoms with Gasteiger partial charge in [-0.1, -0.05) is 108 Å². The van der Waals surface area contributed by atoms with Gasteiger partial charge in [-0.2, -0.15) is 0 Å². The van der Waals surface area contributed by atoms with Crippen LogP contribution in [0.3, 0.4) is 0 Å². The first-order valence-electron chi connectivity index (χ1n) is 9.09. The van der Waals surface area contributed by atoms with Gasteiger partial charge in [-0.05, 0) is 12.8 Å². The zero-order chi connectivity index (χ0) is 14.9. The highest BCUT2D eigenvalue weighted by Crippen LogP contribution is 2.14. The van der Waals surface area contributed by atoms with Gasteiger partial charge in [-0.25, -0.2) is 0 Å². The molecule has 0 aromatic carbocycles. The summed E-state index contributed by atoms with van der Waals surface area (Å²) in [5.41, 5.74) is -0.628. The van der Waals surface area contributed by atoms with E-state index in [2.05, 4.69) is 6.92 Å². The van der Waals surface area contributed by atoms with Gasteiger partial charge >= 0.3 is 0 Å². The van der Waals surface area contributed by atoms with Gasteiger partial charge in [0, 0.05) is 0 Å². The fourth-order valence-corrected chi connectivity index (χ4v) is 2.84. The molecule has 0 saturated heterocycles. The Kier molecular flexibility index (Phi) is 17.5. The van der Waals surface area contributed by atoms with Crippen molar-refractivity contribution in [1.82, 2.24) is 0 Å². The molecule has 0 saturated carbocycles. The summed E-state index contributed by atoms with van der Waals surface area (Å²) in [4.78, 5) is 0. The number of alkyl halides is 1. The first-order chi connectivity index (χ1) is 9.77. The average Bonchev–Trinajstić information content (AvgIpc) is 2.43. The molecule has 1 nitrogen and oxygen atoms in total. The highest BCUT2D eigenvalue weighted by Gasteiger charge is 1.97. The molecule has 1 N–H and O–H groups in total. The maximum atomic E-state index is 8.92. The Morgan fingerprint density at radius 2 is 0.900 bits per heavy atom. The predicted molar refractivity (Wildman–Crippen MR) is 91.4 cm³/mol. The maximum absolute atomic E-state index is 8.92. The third kappa shape index (κ3) is 18.2. The average molecular weight is 305 g/mol. The highest BCUT2D eigenvalue weighted by atomic mass is 35.5. The highest BCUT2D eigenvalue weighted by molar-refractivity contribution is 6.19. The van der Waals surface area contributed by atoms with Crippen molar-refractivity contribution in [2.75, 3.05) is 0 Å². The summed E-state index contributed by atoms with van der Waals surface area (Å²) < 4.78 is 0. The molecule has 0 aliphatic heterocycles. The van der Waals surface area contributed by atoms with Gasteiger partial charge in [0.1, 0.15) is 5.56 Å². The van der Waals surface area contributed by atoms with Gasteiger partial charge in [0.05, 0.1) is 0 Å². The lowest BCUT2D eigenvalue weighted by atomic mass is 10.0. The van der Waals surface area contributed by atoms with Gasteiger partial charge in [-0.15, -0.1) is 0 Å². The third-order valence-corrected chi connectivity index (χ3v) is 4.26. The summed E-state index contributed by atoms with van der Waals surface area (Å²) in [7, 11) is 0. The first kappa shape index (κ1) is 20.2. The largest absolute Gasteiger partial charge is 0.378 e. The second kappa shape index (κ2) is 17.3. The first-order valence-corrected chi connectivity index (χ1v) is 9.53. The quantitative estimate of drug-likeness (QED) is 0.245. The van der Waals surface area contributed by atoms with E-state index in [4.69, 9.17) is 16.7 Å². The molecule has 0 amide bonds. The van der Waals surface area contributed by atoms with Crippen LogP contribution in [0.15, 0.2) is 0 Å². The normalized spacial score (nSPS) is 12.8. The van der Waals surface area contributed by atoms with Gasteiger partial charge in [0.25, 0.3) is 0 Å². The summed E-state index contributed by atoms with van der Waals surface area (Å²) >= 11 is 5.49. The van der Waals surface area contributed by atoms with Crippen LogP contribution in [0.4, 0.5) is 0 Å². The summed E-state index contributed by atoms with van der Waals surface area (Å²) in [5.74, 6) is 0. The van der Waals surface area contributed by atoms with Gasteiger partial charge < -0.3 is 5.11 Å². The van der Waals surface area contributed by atoms with Crippen molar-refractivity contribution in [3.63, 3.8) is 0 Å². The van der Waals surface area contributed by atoms with Crippen molar-refractivity contribution in [2.45, 2.75) is 115 Å². The Labute approximate surface area is 132 Å². The molecule has 1 unspecified atom stereocenters. The molecule has 0 radical (unpaired) electrons. The minimum Gasteiger partial charge on any atom is -0.378 e. The van der Waals surface area contributed by atoms with Crippen molar-refractivity contribution in [3.05, 3.63) is 0 Å². The molecule has 122 valence electrons. The van der Waals surface area contributed by atoms with Crippen LogP contribution in [0.25, 0.3) is 0 Å². The SMILES string of the molecule is CCCCCCCCCCCCCCCCCC(O)Cl. The lowest BCUT2D eigenvalue weighted by Crippen LogP contribution is -1.94. The van der Waals surface area contributed by atoms with Crippen LogP contribution in [0.1, 0.15) is 110 Å². The second-order valence-electron chi connectivity index (χ2n) is 6.17. The molecule has 20 heavy (non-hydrogen) atoms. The van der Waals surface area contributed by atoms with E-state index in [1.807, 2.05) is 0 Å². The van der Waals surface area contributed by atoms with Crippen LogP contribution in [0, 0.1) is 0 Å². The standard InChI is InChI=1S/C18H37ClO/c1-2-3-4-5-6-7-8-9-10-11-12-13-14-15-16-17-18(19)20/h18,20H,2-17H2,1H3. The minimum atomic E-state index is -0.628. The number of hydrogen-bond acceptors (Lipinski definition) is 1. The van der Waals surface area contributed by atoms with Crippen LogP contribution in [-0.4, -0.2) is 10.7 Å². The Morgan fingerprint density at radius 3 is 1.20 bits per heavy atom. The molecule has 0 aliphatic rings. The molecular weight excluding hydrogens is 268 g/mol. The van der Waals surface area contributed by atoms with Crippen molar-refractivity contribution in [3.8, 4) is 0 Å². The Bertz CT molecular complexity index is 171. The van der Waals surface area contributed by atoms with E-state index >= 15 is 0 Å². The van der Waals surface area contributed by atoms with Crippen molar-refractivity contribution in [1.29, 1.82) is 0 Å². The molecule has 0 rings (SSSR count). The minimum absolute atomic E-state index is 0.628. The van der Waals surface area contributed by atoms with Crippen molar-refractivity contribution < 1.29 is 5.11 Å². The molecule has 0 aromatic rings. The molecule has 0 heterocycles. The monoisotopic (exact) mass is 304 g/mol. The van der Waals surface area contributed by atoms with Crippen LogP contribution < -0.4 is 0 Å². The topological polar surface area (TPSA) is 20.2 Å². The molecule has 1 atom stereocenters. The maximum Gasteiger partial charge on any atom is 0.128 e. The van der Waals surface area contributed by atoms with Crippen molar-refractivity contribution >= 4 is 11.6 Å². The van der Waals surface area contributed by atoms with Crippen molar-refractivity contribution in [2.24, 2.45) is 0 Å². The van der Waals surface area contributed by atoms with Crippen LogP contribution in [-0.2, 0) is 0 Å². The Balaban J connectivity index is 2.92. The van der Waals surface area contributed by atoms with Gasteiger partial charge in [-0.3, -0.25) is 0 Å². The van der Waals surface area contributed by atoms with E-state index in [1.54, 1.807) is 0 Å². The number of halogens is 1. The zero-order valence-corrected chi connectivity index (χ0v) is 14.5. The second-order valence-corrected chi connectivity index (χ2v) is 6.68. The van der Waals surface area contributed by atoms with E-state index in [9.17, 15) is 0 Å². The number of rotatable bonds is 16. The van der Waals surface area contributed by atoms with E-state index in [1.165, 1.54) is 89.9 Å². The number of hydrogen-bond donors (Lipinski definition) is 1. The van der Waals surface area contributed by atoms with Gasteiger partial charge in [0.15, 0.2) is 0 Å². The third-order valence-electron chi connectivity index (χ3n) is 4.05. The zero-order valence-electron chi connectivity index (χ0n) is 13.7. The Morgan fingerprint density at radius 1 is 0.600 bits per heavy atom. The lowest BCUT2D eigenvalue weighted by molar-refractivity contribution is 0.240. The fraction of sp³-hybridized carbons (Fsp3) is 1.00. The van der Waals surface area contributed by atoms with Crippen LogP contribution in [0.2, 0.25) is 0 Å². The summed E-state index contributed by atoms with van der Waals surface area (Å²) in [5, 5.41) is 8.92. The molecule has 2 heteroatoms. The number of unbranched alkanes of at least 4 members (excludes halogenated alkanes) is 14. The summed E-state index contributed by atoms with van der Waals surface area (Å²) in [6.45, 7) is 2.28. The van der Waals surface area contributed by atoms with Crippen LogP contribution >= 0.6 is 11.6 Å². The molecule has 0 aliphatic carbocycles. The smallest absolute Gasteiger partial charge is 0.128 e. The molecular formula is C18H37ClO. The number of aliphatic hydroxyl groups is 1. The molecule has 0 fully saturated rings.